The van der Waals surface area contributed by atoms with Crippen molar-refractivity contribution in [2.45, 2.75) is 32.7 Å². The summed E-state index contributed by atoms with van der Waals surface area (Å²) in [4.78, 5) is 17.4. The van der Waals surface area contributed by atoms with Gasteiger partial charge in [-0.05, 0) is 30.3 Å². The second-order valence-electron chi connectivity index (χ2n) is 7.76. The van der Waals surface area contributed by atoms with Crippen molar-refractivity contribution in [3.8, 4) is 11.3 Å². The molecule has 8 heteroatoms. The maximum atomic E-state index is 13.6. The Morgan fingerprint density at radius 2 is 1.83 bits per heavy atom. The second kappa shape index (κ2) is 8.77. The first-order valence-corrected chi connectivity index (χ1v) is 9.41. The first-order chi connectivity index (χ1) is 14.3. The smallest absolute Gasteiger partial charge is 0.221 e. The van der Waals surface area contributed by atoms with Crippen LogP contribution in [0.15, 0.2) is 58.6 Å². The van der Waals surface area contributed by atoms with Gasteiger partial charge in [0, 0.05) is 16.7 Å². The number of hydrogen-bond acceptors (Lipinski definition) is 7. The van der Waals surface area contributed by atoms with Crippen molar-refractivity contribution < 1.29 is 4.39 Å². The molecule has 0 atom stereocenters. The summed E-state index contributed by atoms with van der Waals surface area (Å²) in [7, 11) is 0. The fourth-order valence-corrected chi connectivity index (χ4v) is 2.77. The molecule has 0 aliphatic rings. The molecule has 0 bridgehead atoms. The lowest BCUT2D eigenvalue weighted by atomic mass is 9.91. The van der Waals surface area contributed by atoms with E-state index in [1.807, 2.05) is 18.2 Å². The summed E-state index contributed by atoms with van der Waals surface area (Å²) in [5.41, 5.74) is 9.37. The summed E-state index contributed by atoms with van der Waals surface area (Å²) in [6.45, 7) is 6.69. The molecule has 0 amide bonds. The Hall–Kier alpha value is -3.68. The maximum Gasteiger partial charge on any atom is 0.221 e. The molecule has 0 radical (unpaired) electrons. The number of aliphatic imine (C=N–C) groups is 1. The number of pyridine rings is 1. The van der Waals surface area contributed by atoms with Crippen molar-refractivity contribution in [3.05, 3.63) is 71.4 Å². The third kappa shape index (κ3) is 5.22. The number of hydrogen-bond donors (Lipinski definition) is 2. The summed E-state index contributed by atoms with van der Waals surface area (Å²) < 4.78 is 13.6. The van der Waals surface area contributed by atoms with Gasteiger partial charge in [0.15, 0.2) is 0 Å². The molecule has 0 unspecified atom stereocenters. The Morgan fingerprint density at radius 3 is 2.53 bits per heavy atom. The van der Waals surface area contributed by atoms with Gasteiger partial charge in [-0.1, -0.05) is 39.0 Å². The minimum Gasteiger partial charge on any atom is -0.368 e. The molecule has 154 valence electrons. The standard InChI is InChI=1S/C22H24FN7/c1-22(2,3)20-9-5-8-16(27-20)12-26-13-19(30-25)18-11-17(28-21(24)29-18)14-6-4-7-15(23)10-14/h4-11,13H,12,25H2,1-3H3,(H2,24,28,29). The topological polar surface area (TPSA) is 115 Å². The van der Waals surface area contributed by atoms with E-state index in [-0.39, 0.29) is 17.2 Å². The number of nitrogens with two attached hydrogens (primary N) is 2. The molecule has 3 aromatic rings. The van der Waals surface area contributed by atoms with Gasteiger partial charge < -0.3 is 11.6 Å². The van der Waals surface area contributed by atoms with Gasteiger partial charge in [-0.25, -0.2) is 14.4 Å². The Kier molecular flexibility index (Phi) is 6.15. The van der Waals surface area contributed by atoms with Crippen LogP contribution in [0.3, 0.4) is 0 Å². The number of halogens is 1. The van der Waals surface area contributed by atoms with E-state index in [2.05, 4.69) is 45.8 Å². The minimum absolute atomic E-state index is 0.0286. The number of anilines is 1. The SMILES string of the molecule is CC(C)(C)c1cccc(CN=CC(=NN)c2cc(-c3cccc(F)c3)nc(N)n2)n1. The van der Waals surface area contributed by atoms with Gasteiger partial charge >= 0.3 is 0 Å². The van der Waals surface area contributed by atoms with Crippen LogP contribution in [0.2, 0.25) is 0 Å². The molecule has 2 heterocycles. The van der Waals surface area contributed by atoms with Crippen LogP contribution in [0.25, 0.3) is 11.3 Å². The minimum atomic E-state index is -0.370. The Labute approximate surface area is 174 Å². The molecule has 0 aliphatic carbocycles. The van der Waals surface area contributed by atoms with Gasteiger partial charge in [0.25, 0.3) is 0 Å². The van der Waals surface area contributed by atoms with Crippen molar-refractivity contribution in [2.24, 2.45) is 15.9 Å². The molecule has 3 rings (SSSR count). The van der Waals surface area contributed by atoms with Crippen LogP contribution in [0.5, 0.6) is 0 Å². The van der Waals surface area contributed by atoms with E-state index in [0.717, 1.165) is 11.4 Å². The average Bonchev–Trinajstić information content (AvgIpc) is 2.70. The van der Waals surface area contributed by atoms with Crippen LogP contribution in [0.4, 0.5) is 10.3 Å². The highest BCUT2D eigenvalue weighted by molar-refractivity contribution is 6.37. The van der Waals surface area contributed by atoms with Crippen LogP contribution in [-0.2, 0) is 12.0 Å². The van der Waals surface area contributed by atoms with Crippen LogP contribution >= 0.6 is 0 Å². The number of hydrazone groups is 1. The molecule has 0 fully saturated rings. The van der Waals surface area contributed by atoms with Crippen LogP contribution in [-0.4, -0.2) is 26.9 Å². The lowest BCUT2D eigenvalue weighted by molar-refractivity contribution is 0.565. The van der Waals surface area contributed by atoms with Gasteiger partial charge in [-0.2, -0.15) is 5.10 Å². The zero-order chi connectivity index (χ0) is 21.7. The Morgan fingerprint density at radius 1 is 1.07 bits per heavy atom. The van der Waals surface area contributed by atoms with Crippen LogP contribution in [0.1, 0.15) is 37.9 Å². The van der Waals surface area contributed by atoms with Crippen LogP contribution in [0, 0.1) is 5.82 Å². The molecule has 30 heavy (non-hydrogen) atoms. The molecular formula is C22H24FN7. The number of aromatic nitrogens is 3. The number of rotatable bonds is 5. The molecule has 0 saturated carbocycles. The largest absolute Gasteiger partial charge is 0.368 e. The third-order valence-corrected chi connectivity index (χ3v) is 4.31. The van der Waals surface area contributed by atoms with Crippen molar-refractivity contribution in [1.82, 2.24) is 15.0 Å². The zero-order valence-electron chi connectivity index (χ0n) is 17.2. The number of nitrogen functional groups attached to an aromatic ring is 1. The first-order valence-electron chi connectivity index (χ1n) is 9.41. The van der Waals surface area contributed by atoms with E-state index in [9.17, 15) is 4.39 Å². The fraction of sp³-hybridized carbons (Fsp3) is 0.227. The van der Waals surface area contributed by atoms with Gasteiger partial charge in [0.1, 0.15) is 11.5 Å². The molecule has 0 aliphatic heterocycles. The maximum absolute atomic E-state index is 13.6. The van der Waals surface area contributed by atoms with E-state index in [4.69, 9.17) is 11.6 Å². The van der Waals surface area contributed by atoms with E-state index in [1.165, 1.54) is 18.3 Å². The summed E-state index contributed by atoms with van der Waals surface area (Å²) >= 11 is 0. The van der Waals surface area contributed by atoms with Crippen molar-refractivity contribution in [1.29, 1.82) is 0 Å². The summed E-state index contributed by atoms with van der Waals surface area (Å²) in [6.07, 6.45) is 1.52. The molecule has 4 N–H and O–H groups in total. The lowest BCUT2D eigenvalue weighted by Gasteiger charge is -2.17. The molecular weight excluding hydrogens is 381 g/mol. The van der Waals surface area contributed by atoms with Gasteiger partial charge in [0.2, 0.25) is 5.95 Å². The fourth-order valence-electron chi connectivity index (χ4n) is 2.77. The summed E-state index contributed by atoms with van der Waals surface area (Å²) in [5.74, 6) is 5.21. The number of nitrogens with zero attached hydrogens (tertiary/aromatic N) is 5. The van der Waals surface area contributed by atoms with E-state index in [1.54, 1.807) is 18.2 Å². The first kappa shape index (κ1) is 21.0. The quantitative estimate of drug-likeness (QED) is 0.383. The van der Waals surface area contributed by atoms with Gasteiger partial charge in [0.05, 0.1) is 29.8 Å². The van der Waals surface area contributed by atoms with E-state index < -0.39 is 0 Å². The van der Waals surface area contributed by atoms with Crippen molar-refractivity contribution in [2.75, 3.05) is 5.73 Å². The lowest BCUT2D eigenvalue weighted by Crippen LogP contribution is -2.14. The van der Waals surface area contributed by atoms with Gasteiger partial charge in [-0.3, -0.25) is 9.98 Å². The highest BCUT2D eigenvalue weighted by atomic mass is 19.1. The second-order valence-corrected chi connectivity index (χ2v) is 7.76. The molecule has 0 spiro atoms. The monoisotopic (exact) mass is 405 g/mol. The Balaban J connectivity index is 1.83. The number of benzene rings is 1. The highest BCUT2D eigenvalue weighted by Crippen LogP contribution is 2.21. The predicted molar refractivity (Wildman–Crippen MR) is 118 cm³/mol. The highest BCUT2D eigenvalue weighted by Gasteiger charge is 2.15. The molecule has 7 nitrogen and oxygen atoms in total. The van der Waals surface area contributed by atoms with Crippen LogP contribution < -0.4 is 11.6 Å². The zero-order valence-corrected chi connectivity index (χ0v) is 17.2. The molecule has 1 aromatic carbocycles. The van der Waals surface area contributed by atoms with E-state index in [0.29, 0.717) is 29.2 Å². The third-order valence-electron chi connectivity index (χ3n) is 4.31. The van der Waals surface area contributed by atoms with Crippen molar-refractivity contribution >= 4 is 17.9 Å². The summed E-state index contributed by atoms with van der Waals surface area (Å²) in [6, 6.07) is 13.6. The molecule has 0 saturated heterocycles. The Bertz CT molecular complexity index is 1100. The predicted octanol–water partition coefficient (Wildman–Crippen LogP) is 3.49. The average molecular weight is 405 g/mol. The molecule has 2 aromatic heterocycles. The normalized spacial score (nSPS) is 12.5. The van der Waals surface area contributed by atoms with E-state index >= 15 is 0 Å². The van der Waals surface area contributed by atoms with Gasteiger partial charge in [-0.15, -0.1) is 0 Å². The summed E-state index contributed by atoms with van der Waals surface area (Å²) in [5, 5.41) is 3.77. The van der Waals surface area contributed by atoms with Crippen molar-refractivity contribution in [3.63, 3.8) is 0 Å².